The van der Waals surface area contributed by atoms with Gasteiger partial charge in [0.15, 0.2) is 0 Å². The topological polar surface area (TPSA) is 59.1 Å². The fourth-order valence-corrected chi connectivity index (χ4v) is 0.761. The molecule has 0 aromatic heterocycles. The third-order valence-corrected chi connectivity index (χ3v) is 1.43. The largest absolute Gasteiger partial charge is 0.388 e. The summed E-state index contributed by atoms with van der Waals surface area (Å²) >= 11 is 0. The summed E-state index contributed by atoms with van der Waals surface area (Å²) in [6, 6.07) is 0. The van der Waals surface area contributed by atoms with Gasteiger partial charge in [-0.05, 0) is 19.8 Å². The minimum Gasteiger partial charge on any atom is -0.388 e. The van der Waals surface area contributed by atoms with Crippen LogP contribution in [0.4, 0.5) is 0 Å². The number of nitrogens with one attached hydrogen (secondary N) is 1. The van der Waals surface area contributed by atoms with Crippen LogP contribution in [0.25, 0.3) is 0 Å². The van der Waals surface area contributed by atoms with Crippen molar-refractivity contribution in [2.45, 2.75) is 39.2 Å². The monoisotopic (exact) mass is 158 g/mol. The Morgan fingerprint density at radius 3 is 2.73 bits per heavy atom. The van der Waals surface area contributed by atoms with Gasteiger partial charge in [-0.3, -0.25) is 5.41 Å². The second-order valence-corrected chi connectivity index (χ2v) is 2.75. The highest BCUT2D eigenvalue weighted by Crippen LogP contribution is 2.01. The van der Waals surface area contributed by atoms with Crippen LogP contribution >= 0.6 is 0 Å². The molecule has 0 amide bonds. The van der Waals surface area contributed by atoms with Crippen molar-refractivity contribution in [1.82, 2.24) is 0 Å². The van der Waals surface area contributed by atoms with Crippen molar-refractivity contribution in [1.29, 1.82) is 5.41 Å². The summed E-state index contributed by atoms with van der Waals surface area (Å²) in [5.74, 6) is 0.247. The molecule has 0 bridgehead atoms. The molecule has 0 spiro atoms. The molecular formula is C8H18N2O. The Morgan fingerprint density at radius 2 is 2.27 bits per heavy atom. The highest BCUT2D eigenvalue weighted by molar-refractivity contribution is 5.76. The van der Waals surface area contributed by atoms with Gasteiger partial charge in [0.05, 0.1) is 11.9 Å². The van der Waals surface area contributed by atoms with Gasteiger partial charge in [-0.15, -0.1) is 0 Å². The van der Waals surface area contributed by atoms with Crippen molar-refractivity contribution in [3.8, 4) is 0 Å². The number of ether oxygens (including phenoxy) is 1. The molecule has 0 heterocycles. The number of rotatable bonds is 6. The van der Waals surface area contributed by atoms with Gasteiger partial charge < -0.3 is 10.5 Å². The Bertz CT molecular complexity index is 115. The first-order chi connectivity index (χ1) is 5.16. The average Bonchev–Trinajstić information content (AvgIpc) is 1.97. The van der Waals surface area contributed by atoms with Gasteiger partial charge in [-0.25, -0.2) is 0 Å². The van der Waals surface area contributed by atoms with Crippen LogP contribution in [0.2, 0.25) is 0 Å². The maximum absolute atomic E-state index is 6.99. The molecule has 3 N–H and O–H groups in total. The molecule has 0 fully saturated rings. The van der Waals surface area contributed by atoms with Crippen molar-refractivity contribution >= 4 is 5.84 Å². The Balaban J connectivity index is 3.22. The molecule has 0 aliphatic heterocycles. The highest BCUT2D eigenvalue weighted by Gasteiger charge is 2.01. The van der Waals surface area contributed by atoms with Gasteiger partial charge in [-0.2, -0.15) is 0 Å². The lowest BCUT2D eigenvalue weighted by Crippen LogP contribution is -2.15. The molecule has 0 aromatic rings. The predicted octanol–water partition coefficient (Wildman–Crippen LogP) is 1.52. The molecule has 3 heteroatoms. The maximum atomic E-state index is 6.99. The molecule has 0 saturated carbocycles. The standard InChI is InChI=1S/C8H18N2O/c1-3-6-11-7(2)4-5-8(9)10/h7H,3-6H2,1-2H3,(H3,9,10). The van der Waals surface area contributed by atoms with Crippen molar-refractivity contribution < 1.29 is 4.74 Å². The summed E-state index contributed by atoms with van der Waals surface area (Å²) in [5.41, 5.74) is 5.20. The van der Waals surface area contributed by atoms with Crippen LogP contribution in [-0.2, 0) is 4.74 Å². The van der Waals surface area contributed by atoms with E-state index in [1.807, 2.05) is 6.92 Å². The van der Waals surface area contributed by atoms with Gasteiger partial charge in [0.2, 0.25) is 0 Å². The quantitative estimate of drug-likeness (QED) is 0.455. The molecule has 0 radical (unpaired) electrons. The zero-order chi connectivity index (χ0) is 8.69. The second kappa shape index (κ2) is 6.16. The molecule has 0 aliphatic rings. The molecule has 0 saturated heterocycles. The summed E-state index contributed by atoms with van der Waals surface area (Å²) in [6.07, 6.45) is 2.78. The lowest BCUT2D eigenvalue weighted by Gasteiger charge is -2.10. The first kappa shape index (κ1) is 10.4. The van der Waals surface area contributed by atoms with E-state index in [1.165, 1.54) is 0 Å². The summed E-state index contributed by atoms with van der Waals surface area (Å²) in [6.45, 7) is 4.90. The summed E-state index contributed by atoms with van der Waals surface area (Å²) < 4.78 is 5.39. The van der Waals surface area contributed by atoms with Gasteiger partial charge >= 0.3 is 0 Å². The van der Waals surface area contributed by atoms with Crippen molar-refractivity contribution in [3.05, 3.63) is 0 Å². The SMILES string of the molecule is CCCOC(C)CCC(=N)N. The van der Waals surface area contributed by atoms with E-state index in [1.54, 1.807) is 0 Å². The molecule has 11 heavy (non-hydrogen) atoms. The van der Waals surface area contributed by atoms with E-state index in [2.05, 4.69) is 6.92 Å². The van der Waals surface area contributed by atoms with E-state index in [0.29, 0.717) is 6.42 Å². The number of hydrogen-bond acceptors (Lipinski definition) is 2. The van der Waals surface area contributed by atoms with E-state index in [0.717, 1.165) is 19.4 Å². The lowest BCUT2D eigenvalue weighted by molar-refractivity contribution is 0.0621. The minimum absolute atomic E-state index is 0.235. The highest BCUT2D eigenvalue weighted by atomic mass is 16.5. The zero-order valence-electron chi connectivity index (χ0n) is 7.39. The first-order valence-electron chi connectivity index (χ1n) is 4.11. The molecule has 3 nitrogen and oxygen atoms in total. The molecule has 0 aromatic carbocycles. The van der Waals surface area contributed by atoms with Crippen LogP contribution in [0.15, 0.2) is 0 Å². The smallest absolute Gasteiger partial charge is 0.0906 e. The summed E-state index contributed by atoms with van der Waals surface area (Å²) in [5, 5.41) is 6.99. The molecule has 0 rings (SSSR count). The molecule has 66 valence electrons. The van der Waals surface area contributed by atoms with E-state index in [4.69, 9.17) is 15.9 Å². The van der Waals surface area contributed by atoms with Gasteiger partial charge in [0.25, 0.3) is 0 Å². The third kappa shape index (κ3) is 7.33. The van der Waals surface area contributed by atoms with Crippen LogP contribution in [0.3, 0.4) is 0 Å². The summed E-state index contributed by atoms with van der Waals surface area (Å²) in [4.78, 5) is 0. The van der Waals surface area contributed by atoms with Crippen molar-refractivity contribution in [3.63, 3.8) is 0 Å². The van der Waals surface area contributed by atoms with Crippen LogP contribution in [0.1, 0.15) is 33.1 Å². The van der Waals surface area contributed by atoms with Gasteiger partial charge in [-0.1, -0.05) is 6.92 Å². The summed E-state index contributed by atoms with van der Waals surface area (Å²) in [7, 11) is 0. The van der Waals surface area contributed by atoms with Crippen LogP contribution in [0, 0.1) is 5.41 Å². The maximum Gasteiger partial charge on any atom is 0.0906 e. The average molecular weight is 158 g/mol. The zero-order valence-corrected chi connectivity index (χ0v) is 7.39. The van der Waals surface area contributed by atoms with Gasteiger partial charge in [0, 0.05) is 13.0 Å². The minimum atomic E-state index is 0.235. The second-order valence-electron chi connectivity index (χ2n) is 2.75. The van der Waals surface area contributed by atoms with E-state index >= 15 is 0 Å². The van der Waals surface area contributed by atoms with E-state index in [9.17, 15) is 0 Å². The Kier molecular flexibility index (Phi) is 5.84. The predicted molar refractivity (Wildman–Crippen MR) is 46.9 cm³/mol. The Morgan fingerprint density at radius 1 is 1.64 bits per heavy atom. The number of nitrogens with two attached hydrogens (primary N) is 1. The third-order valence-electron chi connectivity index (χ3n) is 1.43. The number of amidine groups is 1. The van der Waals surface area contributed by atoms with E-state index < -0.39 is 0 Å². The fraction of sp³-hybridized carbons (Fsp3) is 0.875. The van der Waals surface area contributed by atoms with Crippen molar-refractivity contribution in [2.24, 2.45) is 5.73 Å². The van der Waals surface area contributed by atoms with Crippen molar-refractivity contribution in [2.75, 3.05) is 6.61 Å². The van der Waals surface area contributed by atoms with Gasteiger partial charge in [0.1, 0.15) is 0 Å². The van der Waals surface area contributed by atoms with Crippen LogP contribution < -0.4 is 5.73 Å². The normalized spacial score (nSPS) is 12.9. The molecule has 1 atom stereocenters. The molecule has 0 aliphatic carbocycles. The fourth-order valence-electron chi connectivity index (χ4n) is 0.761. The van der Waals surface area contributed by atoms with E-state index in [-0.39, 0.29) is 11.9 Å². The Hall–Kier alpha value is -0.570. The Labute approximate surface area is 68.4 Å². The number of hydrogen-bond donors (Lipinski definition) is 2. The lowest BCUT2D eigenvalue weighted by atomic mass is 10.2. The molecular weight excluding hydrogens is 140 g/mol. The van der Waals surface area contributed by atoms with Crippen LogP contribution in [0.5, 0.6) is 0 Å². The van der Waals surface area contributed by atoms with Crippen LogP contribution in [-0.4, -0.2) is 18.5 Å². The first-order valence-corrected chi connectivity index (χ1v) is 4.11. The molecule has 1 unspecified atom stereocenters.